The van der Waals surface area contributed by atoms with Gasteiger partial charge in [-0.05, 0) is 23.8 Å². The van der Waals surface area contributed by atoms with E-state index in [1.807, 2.05) is 4.72 Å². The van der Waals surface area contributed by atoms with Gasteiger partial charge in [0.1, 0.15) is 11.6 Å². The number of halogens is 2. The van der Waals surface area contributed by atoms with E-state index in [2.05, 4.69) is 4.98 Å². The molecule has 0 fully saturated rings. The first-order valence-corrected chi connectivity index (χ1v) is 6.94. The van der Waals surface area contributed by atoms with E-state index in [1.165, 1.54) is 18.3 Å². The van der Waals surface area contributed by atoms with Gasteiger partial charge in [0.25, 0.3) is 10.0 Å². The largest absolute Gasteiger partial charge is 0.392 e. The van der Waals surface area contributed by atoms with Crippen molar-refractivity contribution in [2.45, 2.75) is 11.6 Å². The van der Waals surface area contributed by atoms with Crippen molar-refractivity contribution in [1.82, 2.24) is 4.98 Å². The third-order valence-corrected chi connectivity index (χ3v) is 3.67. The number of nitrogens with zero attached hydrogens (tertiary/aromatic N) is 1. The summed E-state index contributed by atoms with van der Waals surface area (Å²) >= 11 is 0. The molecule has 0 amide bonds. The molecule has 106 valence electrons. The average molecular weight is 300 g/mol. The number of nitrogens with one attached hydrogen (secondary N) is 1. The molecular formula is C12H10F2N2O3S. The van der Waals surface area contributed by atoms with Gasteiger partial charge in [-0.2, -0.15) is 8.42 Å². The highest BCUT2D eigenvalue weighted by molar-refractivity contribution is 7.92. The molecule has 20 heavy (non-hydrogen) atoms. The number of sulfonamides is 1. The number of anilines is 1. The monoisotopic (exact) mass is 300 g/mol. The molecule has 1 aromatic carbocycles. The van der Waals surface area contributed by atoms with Crippen LogP contribution in [0.2, 0.25) is 0 Å². The molecule has 0 aliphatic rings. The van der Waals surface area contributed by atoms with Crippen molar-refractivity contribution in [1.29, 1.82) is 0 Å². The first-order valence-electron chi connectivity index (χ1n) is 5.45. The van der Waals surface area contributed by atoms with Crippen LogP contribution in [-0.2, 0) is 16.6 Å². The van der Waals surface area contributed by atoms with E-state index < -0.39 is 21.7 Å². The first-order chi connectivity index (χ1) is 9.40. The quantitative estimate of drug-likeness (QED) is 0.900. The molecule has 0 saturated heterocycles. The number of hydrogen-bond donors (Lipinski definition) is 2. The molecule has 0 aliphatic heterocycles. The second-order valence-corrected chi connectivity index (χ2v) is 5.56. The fraction of sp³-hybridized carbons (Fsp3) is 0.0833. The van der Waals surface area contributed by atoms with Crippen molar-refractivity contribution in [3.63, 3.8) is 0 Å². The van der Waals surface area contributed by atoms with Gasteiger partial charge in [0, 0.05) is 12.3 Å². The van der Waals surface area contributed by atoms with Crippen LogP contribution in [0.25, 0.3) is 0 Å². The van der Waals surface area contributed by atoms with E-state index in [9.17, 15) is 17.2 Å². The summed E-state index contributed by atoms with van der Waals surface area (Å²) in [5.74, 6) is -1.79. The van der Waals surface area contributed by atoms with Gasteiger partial charge in [-0.3, -0.25) is 4.72 Å². The standard InChI is InChI=1S/C12H10F2N2O3S/c13-9-3-10(14)5-11(4-9)16-20(18,19)12-2-1-8(7-17)6-15-12/h1-6,16-17H,7H2. The van der Waals surface area contributed by atoms with Gasteiger partial charge in [0.15, 0.2) is 5.03 Å². The van der Waals surface area contributed by atoms with Crippen LogP contribution in [0, 0.1) is 11.6 Å². The van der Waals surface area contributed by atoms with E-state index in [4.69, 9.17) is 5.11 Å². The maximum Gasteiger partial charge on any atom is 0.279 e. The minimum atomic E-state index is -4.05. The highest BCUT2D eigenvalue weighted by Gasteiger charge is 2.16. The Kier molecular flexibility index (Phi) is 3.96. The Balaban J connectivity index is 2.30. The van der Waals surface area contributed by atoms with Gasteiger partial charge in [-0.1, -0.05) is 6.07 Å². The van der Waals surface area contributed by atoms with E-state index in [0.717, 1.165) is 12.1 Å². The molecule has 0 bridgehead atoms. The Bertz CT molecular complexity index is 698. The third kappa shape index (κ3) is 3.28. The SMILES string of the molecule is O=S(=O)(Nc1cc(F)cc(F)c1)c1ccc(CO)cn1. The Morgan fingerprint density at radius 2 is 1.80 bits per heavy atom. The molecule has 0 unspecified atom stereocenters. The van der Waals surface area contributed by atoms with E-state index in [0.29, 0.717) is 11.6 Å². The van der Waals surface area contributed by atoms with Gasteiger partial charge in [-0.15, -0.1) is 0 Å². The second-order valence-electron chi connectivity index (χ2n) is 3.93. The van der Waals surface area contributed by atoms with Crippen LogP contribution in [0.4, 0.5) is 14.5 Å². The summed E-state index contributed by atoms with van der Waals surface area (Å²) in [7, 11) is -4.05. The van der Waals surface area contributed by atoms with Crippen LogP contribution >= 0.6 is 0 Å². The smallest absolute Gasteiger partial charge is 0.279 e. The molecule has 5 nitrogen and oxygen atoms in total. The summed E-state index contributed by atoms with van der Waals surface area (Å²) in [4.78, 5) is 3.66. The van der Waals surface area contributed by atoms with Gasteiger partial charge in [-0.25, -0.2) is 13.8 Å². The zero-order valence-corrected chi connectivity index (χ0v) is 10.9. The van der Waals surface area contributed by atoms with Crippen molar-refractivity contribution in [2.75, 3.05) is 4.72 Å². The molecule has 2 aromatic rings. The van der Waals surface area contributed by atoms with E-state index in [-0.39, 0.29) is 17.3 Å². The predicted molar refractivity (Wildman–Crippen MR) is 67.3 cm³/mol. The van der Waals surface area contributed by atoms with Gasteiger partial charge in [0.05, 0.1) is 12.3 Å². The molecule has 0 radical (unpaired) electrons. The van der Waals surface area contributed by atoms with Gasteiger partial charge < -0.3 is 5.11 Å². The van der Waals surface area contributed by atoms with Gasteiger partial charge in [0.2, 0.25) is 0 Å². The lowest BCUT2D eigenvalue weighted by molar-refractivity contribution is 0.281. The van der Waals surface area contributed by atoms with Crippen LogP contribution in [0.3, 0.4) is 0 Å². The highest BCUT2D eigenvalue weighted by atomic mass is 32.2. The molecule has 1 aromatic heterocycles. The fourth-order valence-electron chi connectivity index (χ4n) is 1.48. The molecule has 2 rings (SSSR count). The lowest BCUT2D eigenvalue weighted by atomic mass is 10.3. The number of rotatable bonds is 4. The van der Waals surface area contributed by atoms with Crippen molar-refractivity contribution in [3.05, 3.63) is 53.7 Å². The van der Waals surface area contributed by atoms with Crippen LogP contribution in [-0.4, -0.2) is 18.5 Å². The van der Waals surface area contributed by atoms with Crippen LogP contribution in [0.5, 0.6) is 0 Å². The normalized spacial score (nSPS) is 11.3. The Hall–Kier alpha value is -2.06. The number of pyridine rings is 1. The average Bonchev–Trinajstić information content (AvgIpc) is 2.37. The number of aliphatic hydroxyl groups is 1. The molecule has 0 aliphatic carbocycles. The summed E-state index contributed by atoms with van der Waals surface area (Å²) in [6.07, 6.45) is 1.20. The molecular weight excluding hydrogens is 290 g/mol. The topological polar surface area (TPSA) is 79.3 Å². The number of benzene rings is 1. The zero-order valence-electron chi connectivity index (χ0n) is 10.0. The third-order valence-electron chi connectivity index (χ3n) is 2.37. The van der Waals surface area contributed by atoms with Crippen molar-refractivity contribution in [2.24, 2.45) is 0 Å². The minimum Gasteiger partial charge on any atom is -0.392 e. The Labute approximate surface area is 114 Å². The minimum absolute atomic E-state index is 0.240. The van der Waals surface area contributed by atoms with Crippen molar-refractivity contribution in [3.8, 4) is 0 Å². The zero-order chi connectivity index (χ0) is 14.8. The molecule has 0 atom stereocenters. The molecule has 2 N–H and O–H groups in total. The highest BCUT2D eigenvalue weighted by Crippen LogP contribution is 2.17. The summed E-state index contributed by atoms with van der Waals surface area (Å²) in [6.45, 7) is -0.268. The van der Waals surface area contributed by atoms with Crippen molar-refractivity contribution < 1.29 is 22.3 Å². The number of hydrogen-bond acceptors (Lipinski definition) is 4. The molecule has 8 heteroatoms. The van der Waals surface area contributed by atoms with E-state index in [1.54, 1.807) is 0 Å². The first kappa shape index (κ1) is 14.4. The van der Waals surface area contributed by atoms with Crippen LogP contribution in [0.1, 0.15) is 5.56 Å². The Morgan fingerprint density at radius 3 is 2.30 bits per heavy atom. The number of aliphatic hydroxyl groups excluding tert-OH is 1. The van der Waals surface area contributed by atoms with Crippen molar-refractivity contribution >= 4 is 15.7 Å². The summed E-state index contributed by atoms with van der Waals surface area (Å²) in [5.41, 5.74) is 0.205. The fourth-order valence-corrected chi connectivity index (χ4v) is 2.46. The van der Waals surface area contributed by atoms with Gasteiger partial charge >= 0.3 is 0 Å². The maximum absolute atomic E-state index is 13.0. The van der Waals surface area contributed by atoms with Crippen LogP contribution in [0.15, 0.2) is 41.6 Å². The van der Waals surface area contributed by atoms with Crippen LogP contribution < -0.4 is 4.72 Å². The summed E-state index contributed by atoms with van der Waals surface area (Å²) < 4.78 is 51.9. The number of aromatic nitrogens is 1. The second kappa shape index (κ2) is 5.51. The molecule has 0 saturated carbocycles. The lowest BCUT2D eigenvalue weighted by Crippen LogP contribution is -2.14. The predicted octanol–water partition coefficient (Wildman–Crippen LogP) is 1.65. The summed E-state index contributed by atoms with van der Waals surface area (Å²) in [5, 5.41) is 8.52. The van der Waals surface area contributed by atoms with E-state index >= 15 is 0 Å². The lowest BCUT2D eigenvalue weighted by Gasteiger charge is -2.08. The maximum atomic E-state index is 13.0. The molecule has 0 spiro atoms. The Morgan fingerprint density at radius 1 is 1.15 bits per heavy atom. The summed E-state index contributed by atoms with van der Waals surface area (Å²) in [6, 6.07) is 4.90. The molecule has 1 heterocycles.